The molecule has 17 heavy (non-hydrogen) atoms. The first-order valence-corrected chi connectivity index (χ1v) is 7.35. The molecule has 1 atom stereocenters. The van der Waals surface area contributed by atoms with Crippen LogP contribution in [0.25, 0.3) is 0 Å². The highest BCUT2D eigenvalue weighted by molar-refractivity contribution is 9.10. The highest BCUT2D eigenvalue weighted by Crippen LogP contribution is 2.31. The van der Waals surface area contributed by atoms with Crippen LogP contribution < -0.4 is 5.32 Å². The molecular formula is C12H12BrClN2S. The fourth-order valence-corrected chi connectivity index (χ4v) is 2.98. The summed E-state index contributed by atoms with van der Waals surface area (Å²) in [5, 5.41) is 7.18. The second kappa shape index (κ2) is 5.96. The van der Waals surface area contributed by atoms with Gasteiger partial charge in [-0.15, -0.1) is 11.3 Å². The maximum absolute atomic E-state index is 6.26. The fraction of sp³-hybridized carbons (Fsp3) is 0.250. The van der Waals surface area contributed by atoms with Crippen LogP contribution in [0.5, 0.6) is 0 Å². The first kappa shape index (κ1) is 13.0. The molecule has 1 unspecified atom stereocenters. The van der Waals surface area contributed by atoms with Crippen LogP contribution in [-0.2, 0) is 0 Å². The number of hydrogen-bond donors (Lipinski definition) is 1. The summed E-state index contributed by atoms with van der Waals surface area (Å²) in [5.74, 6) is 0. The highest BCUT2D eigenvalue weighted by atomic mass is 79.9. The van der Waals surface area contributed by atoms with Gasteiger partial charge < -0.3 is 5.32 Å². The first-order valence-electron chi connectivity index (χ1n) is 5.30. The van der Waals surface area contributed by atoms with E-state index in [0.29, 0.717) is 0 Å². The van der Waals surface area contributed by atoms with E-state index in [9.17, 15) is 0 Å². The monoisotopic (exact) mass is 330 g/mol. The van der Waals surface area contributed by atoms with Crippen LogP contribution in [0.2, 0.25) is 5.02 Å². The van der Waals surface area contributed by atoms with Gasteiger partial charge in [-0.05, 0) is 30.3 Å². The number of thiazole rings is 1. The molecule has 1 aromatic heterocycles. The molecule has 0 aliphatic carbocycles. The van der Waals surface area contributed by atoms with E-state index in [1.807, 2.05) is 29.8 Å². The normalized spacial score (nSPS) is 12.6. The second-order valence-corrected chi connectivity index (χ2v) is 5.78. The van der Waals surface area contributed by atoms with Gasteiger partial charge in [-0.25, -0.2) is 4.98 Å². The van der Waals surface area contributed by atoms with Gasteiger partial charge in [-0.2, -0.15) is 0 Å². The van der Waals surface area contributed by atoms with Gasteiger partial charge in [0.1, 0.15) is 5.01 Å². The Morgan fingerprint density at radius 2 is 2.35 bits per heavy atom. The molecule has 1 aromatic carbocycles. The van der Waals surface area contributed by atoms with Crippen LogP contribution >= 0.6 is 38.9 Å². The fourth-order valence-electron chi connectivity index (χ4n) is 1.65. The van der Waals surface area contributed by atoms with E-state index in [4.69, 9.17) is 11.6 Å². The Morgan fingerprint density at radius 1 is 1.53 bits per heavy atom. The van der Waals surface area contributed by atoms with Gasteiger partial charge in [-0.3, -0.25) is 0 Å². The molecule has 1 heterocycles. The van der Waals surface area contributed by atoms with Crippen molar-refractivity contribution in [2.24, 2.45) is 0 Å². The SMILES string of the molecule is CCNC(c1nccs1)c1cc(Br)ccc1Cl. The highest BCUT2D eigenvalue weighted by Gasteiger charge is 2.18. The third kappa shape index (κ3) is 3.07. The molecule has 0 saturated carbocycles. The predicted molar refractivity (Wildman–Crippen MR) is 76.8 cm³/mol. The summed E-state index contributed by atoms with van der Waals surface area (Å²) in [6.45, 7) is 2.94. The van der Waals surface area contributed by atoms with E-state index >= 15 is 0 Å². The summed E-state index contributed by atoms with van der Waals surface area (Å²) in [6.07, 6.45) is 1.82. The van der Waals surface area contributed by atoms with Crippen molar-refractivity contribution in [1.82, 2.24) is 10.3 Å². The molecule has 0 fully saturated rings. The minimum Gasteiger partial charge on any atom is -0.304 e. The smallest absolute Gasteiger partial charge is 0.114 e. The number of nitrogens with zero attached hydrogens (tertiary/aromatic N) is 1. The summed E-state index contributed by atoms with van der Waals surface area (Å²) in [6, 6.07) is 5.94. The summed E-state index contributed by atoms with van der Waals surface area (Å²) in [4.78, 5) is 4.36. The second-order valence-electron chi connectivity index (χ2n) is 3.53. The first-order chi connectivity index (χ1) is 8.22. The van der Waals surface area contributed by atoms with Gasteiger partial charge in [-0.1, -0.05) is 34.5 Å². The van der Waals surface area contributed by atoms with Crippen molar-refractivity contribution in [2.75, 3.05) is 6.54 Å². The number of rotatable bonds is 4. The largest absolute Gasteiger partial charge is 0.304 e. The van der Waals surface area contributed by atoms with Crippen molar-refractivity contribution in [3.63, 3.8) is 0 Å². The molecule has 0 aliphatic rings. The predicted octanol–water partition coefficient (Wildman–Crippen LogP) is 4.26. The number of nitrogens with one attached hydrogen (secondary N) is 1. The van der Waals surface area contributed by atoms with Crippen LogP contribution in [0.3, 0.4) is 0 Å². The van der Waals surface area contributed by atoms with Crippen molar-refractivity contribution in [1.29, 1.82) is 0 Å². The van der Waals surface area contributed by atoms with Crippen molar-refractivity contribution in [2.45, 2.75) is 13.0 Å². The number of halogens is 2. The lowest BCUT2D eigenvalue weighted by Gasteiger charge is -2.17. The van der Waals surface area contributed by atoms with Crippen molar-refractivity contribution < 1.29 is 0 Å². The maximum atomic E-state index is 6.26. The average molecular weight is 332 g/mol. The molecule has 2 nitrogen and oxygen atoms in total. The van der Waals surface area contributed by atoms with Crippen molar-refractivity contribution >= 4 is 38.9 Å². The topological polar surface area (TPSA) is 24.9 Å². The van der Waals surface area contributed by atoms with Crippen LogP contribution in [-0.4, -0.2) is 11.5 Å². The van der Waals surface area contributed by atoms with Gasteiger partial charge >= 0.3 is 0 Å². The molecule has 5 heteroatoms. The van der Waals surface area contributed by atoms with E-state index < -0.39 is 0 Å². The standard InChI is InChI=1S/C12H12BrClN2S/c1-2-15-11(12-16-5-6-17-12)9-7-8(13)3-4-10(9)14/h3-7,11,15H,2H2,1H3. The Morgan fingerprint density at radius 3 is 3.00 bits per heavy atom. The third-order valence-electron chi connectivity index (χ3n) is 2.38. The molecule has 1 N–H and O–H groups in total. The van der Waals surface area contributed by atoms with Crippen LogP contribution in [0.1, 0.15) is 23.5 Å². The molecule has 0 saturated heterocycles. The van der Waals surface area contributed by atoms with Crippen molar-refractivity contribution in [3.8, 4) is 0 Å². The van der Waals surface area contributed by atoms with E-state index in [-0.39, 0.29) is 6.04 Å². The Bertz CT molecular complexity index is 487. The lowest BCUT2D eigenvalue weighted by atomic mass is 10.1. The summed E-state index contributed by atoms with van der Waals surface area (Å²) < 4.78 is 1.02. The van der Waals surface area contributed by atoms with E-state index in [1.165, 1.54) is 0 Å². The molecule has 2 rings (SSSR count). The van der Waals surface area contributed by atoms with E-state index in [2.05, 4.69) is 33.2 Å². The Hall–Kier alpha value is -0.420. The van der Waals surface area contributed by atoms with E-state index in [0.717, 1.165) is 26.6 Å². The molecular weight excluding hydrogens is 320 g/mol. The quantitative estimate of drug-likeness (QED) is 0.905. The van der Waals surface area contributed by atoms with E-state index in [1.54, 1.807) is 11.3 Å². The Kier molecular flexibility index (Phi) is 4.56. The maximum Gasteiger partial charge on any atom is 0.114 e. The molecule has 0 bridgehead atoms. The van der Waals surface area contributed by atoms with Crippen LogP contribution in [0.4, 0.5) is 0 Å². The van der Waals surface area contributed by atoms with Gasteiger partial charge in [0, 0.05) is 21.1 Å². The lowest BCUT2D eigenvalue weighted by Crippen LogP contribution is -2.22. The van der Waals surface area contributed by atoms with Gasteiger partial charge in [0.05, 0.1) is 6.04 Å². The molecule has 0 radical (unpaired) electrons. The van der Waals surface area contributed by atoms with Gasteiger partial charge in [0.25, 0.3) is 0 Å². The summed E-state index contributed by atoms with van der Waals surface area (Å²) >= 11 is 11.4. The molecule has 0 aliphatic heterocycles. The summed E-state index contributed by atoms with van der Waals surface area (Å²) in [5.41, 5.74) is 1.05. The zero-order valence-electron chi connectivity index (χ0n) is 9.28. The van der Waals surface area contributed by atoms with Gasteiger partial charge in [0.2, 0.25) is 0 Å². The number of benzene rings is 1. The Balaban J connectivity index is 2.42. The summed E-state index contributed by atoms with van der Waals surface area (Å²) in [7, 11) is 0. The average Bonchev–Trinajstić information content (AvgIpc) is 2.83. The molecule has 90 valence electrons. The lowest BCUT2D eigenvalue weighted by molar-refractivity contribution is 0.627. The number of hydrogen-bond acceptors (Lipinski definition) is 3. The molecule has 2 aromatic rings. The minimum atomic E-state index is 0.0602. The third-order valence-corrected chi connectivity index (χ3v) is 4.05. The van der Waals surface area contributed by atoms with Gasteiger partial charge in [0.15, 0.2) is 0 Å². The molecule has 0 spiro atoms. The number of aromatic nitrogens is 1. The van der Waals surface area contributed by atoms with Crippen LogP contribution in [0.15, 0.2) is 34.2 Å². The zero-order valence-corrected chi connectivity index (χ0v) is 12.4. The van der Waals surface area contributed by atoms with Crippen molar-refractivity contribution in [3.05, 3.63) is 49.8 Å². The Labute approximate surface area is 118 Å². The van der Waals surface area contributed by atoms with Crippen LogP contribution in [0, 0.1) is 0 Å². The molecule has 0 amide bonds. The zero-order chi connectivity index (χ0) is 12.3. The minimum absolute atomic E-state index is 0.0602.